The Morgan fingerprint density at radius 3 is 0.948 bits per heavy atom. The van der Waals surface area contributed by atoms with Crippen molar-refractivity contribution in [1.82, 2.24) is 0 Å². The van der Waals surface area contributed by atoms with E-state index in [1.165, 1.54) is 257 Å². The molecule has 20 aliphatic rings. The van der Waals surface area contributed by atoms with Crippen LogP contribution in [0.15, 0.2) is 290 Å². The summed E-state index contributed by atoms with van der Waals surface area (Å²) in [6, 6.07) is 32.6. The van der Waals surface area contributed by atoms with Crippen LogP contribution in [0.5, 0.6) is 0 Å². The van der Waals surface area contributed by atoms with Crippen LogP contribution in [0.3, 0.4) is 0 Å². The predicted octanol–water partition coefficient (Wildman–Crippen LogP) is 29.6. The third-order valence-electron chi connectivity index (χ3n) is 25.8. The molecule has 0 bridgehead atoms. The fraction of sp³-hybridized carbons (Fsp3) is 0.500. The van der Waals surface area contributed by atoms with Crippen LogP contribution in [0.4, 0.5) is 0 Å². The van der Waals surface area contributed by atoms with Crippen LogP contribution in [0.1, 0.15) is 257 Å². The van der Waals surface area contributed by atoms with Gasteiger partial charge in [-0.2, -0.15) is 0 Å². The van der Waals surface area contributed by atoms with Gasteiger partial charge in [0.1, 0.15) is 0 Å². The normalized spacial score (nSPS) is 30.1. The molecule has 3 fully saturated rings. The van der Waals surface area contributed by atoms with E-state index < -0.39 is 0 Å². The molecule has 16 atom stereocenters. The van der Waals surface area contributed by atoms with Gasteiger partial charge in [-0.3, -0.25) is 0 Å². The molecule has 636 valence electrons. The van der Waals surface area contributed by atoms with E-state index in [0.29, 0.717) is 5.92 Å². The quantitative estimate of drug-likeness (QED) is 0.139. The Hall–Kier alpha value is -0.884. The number of rotatable bonds is 4. The Labute approximate surface area is 796 Å². The molecule has 16 aliphatic carbocycles. The Kier molecular flexibility index (Phi) is 55.3. The zero-order valence-electron chi connectivity index (χ0n) is 69.2. The molecule has 8 unspecified atom stereocenters. The second-order valence-electron chi connectivity index (χ2n) is 33.1. The van der Waals surface area contributed by atoms with E-state index in [4.69, 9.17) is 0 Å². The summed E-state index contributed by atoms with van der Waals surface area (Å²) in [6.45, 7) is 0. The van der Waals surface area contributed by atoms with Gasteiger partial charge in [0.2, 0.25) is 0 Å². The molecule has 4 aliphatic heterocycles. The second kappa shape index (κ2) is 60.7. The number of allylic oxidation sites excluding steroid dienone is 34. The summed E-state index contributed by atoms with van der Waals surface area (Å²) in [6.07, 6.45) is 125. The van der Waals surface area contributed by atoms with Crippen molar-refractivity contribution in [2.24, 2.45) is 23.7 Å². The molecule has 0 aromatic heterocycles. The van der Waals surface area contributed by atoms with Crippen molar-refractivity contribution in [2.75, 3.05) is 0 Å². The van der Waals surface area contributed by atoms with E-state index in [1.807, 2.05) is 21.8 Å². The summed E-state index contributed by atoms with van der Waals surface area (Å²) in [5, 5.41) is 6.95. The Bertz CT molecular complexity index is 3470. The third kappa shape index (κ3) is 31.3. The van der Waals surface area contributed by atoms with Crippen molar-refractivity contribution in [2.45, 2.75) is 302 Å². The fourth-order valence-corrected chi connectivity index (χ4v) is 35.9. The molecule has 116 heavy (non-hydrogen) atoms. The van der Waals surface area contributed by atoms with Crippen molar-refractivity contribution in [3.05, 3.63) is 290 Å². The van der Waals surface area contributed by atoms with E-state index in [-0.39, 0.29) is 168 Å². The average Bonchev–Trinajstić information content (AvgIpc) is 1.60. The summed E-state index contributed by atoms with van der Waals surface area (Å²) in [5.41, 5.74) is 14.1. The van der Waals surface area contributed by atoms with Crippen molar-refractivity contribution < 1.29 is 137 Å². The van der Waals surface area contributed by atoms with Crippen molar-refractivity contribution >= 4 is 52.9 Å². The first kappa shape index (κ1) is 106. The molecule has 0 N–H and O–H groups in total. The van der Waals surface area contributed by atoms with Gasteiger partial charge < -0.3 is 0 Å². The SMILES string of the molecule is C1=CCCC1.C1=CCCC1.C1=CCCC1.C1=CCCC1.C1=CCCC1.C1=CCCC1.C1=CCCC1.C1=CCCC1.C1=C[C@@H]2C3=CCC[C@@H]3P(c3ccccc3)C2C1.C1=C[C@@H]2C=CC3=CCC[C@@H]3P(c3ccccc3)C2C1.C1=C[C@@H]2CCC3=CCC[C@@H]3P(c3ccccc3P3C4CC=C[C@@H]4CCC4=CCC[C@@H]43)C2C1.[Fe].[Fe].[Fe].[Fe].[Fe].[Fe].[Fe].[Fe]. The minimum absolute atomic E-state index is 0. The molecule has 3 aromatic rings. The molecule has 0 radical (unpaired) electrons. The summed E-state index contributed by atoms with van der Waals surface area (Å²) < 4.78 is 0. The summed E-state index contributed by atoms with van der Waals surface area (Å²) in [4.78, 5) is 0. The molecular formula is C104H136Fe8P4. The monoisotopic (exact) mass is 1960 g/mol. The topological polar surface area (TPSA) is 0 Å². The second-order valence-corrected chi connectivity index (χ2v) is 43.5. The first-order chi connectivity index (χ1) is 53.8. The molecule has 12 heteroatoms. The first-order valence-electron chi connectivity index (χ1n) is 44.4. The maximum absolute atomic E-state index is 2.65. The fourth-order valence-electron chi connectivity index (χ4n) is 20.3. The minimum Gasteiger partial charge on any atom is -0.0885 e. The van der Waals surface area contributed by atoms with Crippen LogP contribution in [-0.4, -0.2) is 45.3 Å². The van der Waals surface area contributed by atoms with E-state index in [1.54, 1.807) is 21.8 Å². The molecule has 3 aromatic carbocycles. The van der Waals surface area contributed by atoms with Gasteiger partial charge in [-0.25, -0.2) is 0 Å². The number of hydrogen-bond donors (Lipinski definition) is 0. The molecule has 0 saturated carbocycles. The van der Waals surface area contributed by atoms with E-state index >= 15 is 0 Å². The largest absolute Gasteiger partial charge is 0.0885 e. The van der Waals surface area contributed by atoms with Crippen LogP contribution in [-0.2, 0) is 137 Å². The Morgan fingerprint density at radius 1 is 0.241 bits per heavy atom. The molecule has 0 nitrogen and oxygen atoms in total. The number of benzene rings is 3. The molecule has 23 rings (SSSR count). The van der Waals surface area contributed by atoms with Crippen LogP contribution in [0.25, 0.3) is 0 Å². The number of fused-ring (bicyclic) bond motifs is 9. The van der Waals surface area contributed by atoms with Gasteiger partial charge in [0.15, 0.2) is 0 Å². The van der Waals surface area contributed by atoms with Crippen LogP contribution < -0.4 is 21.2 Å². The summed E-state index contributed by atoms with van der Waals surface area (Å²) in [7, 11) is -0.257. The van der Waals surface area contributed by atoms with Gasteiger partial charge in [0, 0.05) is 171 Å². The Morgan fingerprint density at radius 2 is 0.560 bits per heavy atom. The maximum Gasteiger partial charge on any atom is 0.00845 e. The van der Waals surface area contributed by atoms with Gasteiger partial charge in [-0.1, -0.05) is 316 Å². The van der Waals surface area contributed by atoms with Gasteiger partial charge in [-0.05, 0) is 318 Å². The van der Waals surface area contributed by atoms with Crippen LogP contribution in [0.2, 0.25) is 0 Å². The van der Waals surface area contributed by atoms with E-state index in [0.717, 1.165) is 63.0 Å². The van der Waals surface area contributed by atoms with Crippen molar-refractivity contribution in [3.8, 4) is 0 Å². The average molecular weight is 1960 g/mol. The number of hydrogen-bond acceptors (Lipinski definition) is 0. The third-order valence-corrected chi connectivity index (χ3v) is 39.8. The van der Waals surface area contributed by atoms with Gasteiger partial charge in [0.05, 0.1) is 0 Å². The molecule has 0 amide bonds. The molecular weight excluding hydrogens is 1820 g/mol. The zero-order valence-corrected chi connectivity index (χ0v) is 81.6. The maximum atomic E-state index is 2.65. The molecule has 0 spiro atoms. The van der Waals surface area contributed by atoms with Crippen molar-refractivity contribution in [1.29, 1.82) is 0 Å². The van der Waals surface area contributed by atoms with E-state index in [9.17, 15) is 0 Å². The zero-order chi connectivity index (χ0) is 73.3. The Balaban J connectivity index is 0.000000248. The van der Waals surface area contributed by atoms with Crippen LogP contribution in [0, 0.1) is 23.7 Å². The first-order valence-corrected chi connectivity index (χ1v) is 50.3. The van der Waals surface area contributed by atoms with Gasteiger partial charge >= 0.3 is 0 Å². The predicted molar refractivity (Wildman–Crippen MR) is 486 cm³/mol. The van der Waals surface area contributed by atoms with Crippen molar-refractivity contribution in [3.63, 3.8) is 0 Å². The van der Waals surface area contributed by atoms with E-state index in [2.05, 4.69) is 267 Å². The minimum atomic E-state index is -0.119. The summed E-state index contributed by atoms with van der Waals surface area (Å²) >= 11 is 0. The van der Waals surface area contributed by atoms with Crippen LogP contribution >= 0.6 is 31.7 Å². The summed E-state index contributed by atoms with van der Waals surface area (Å²) in [5.74, 6) is 3.16. The van der Waals surface area contributed by atoms with Gasteiger partial charge in [0.25, 0.3) is 0 Å². The standard InChI is InChI=1S/C30H36P2.C18H19P.C16H17P.8C5H8.8Fe/c1-2-12-30(32-27-15-5-9-23(27)19-20-24-10-6-16-28(24)32)29(11-1)31-25-13-3-7-21(25)17-18-22-8-4-14-26(22)31;1-2-8-16(9-3-1)19-17-10-4-6-14(17)12-13-15-7-5-11-18(15)19;1-2-6-12(7-3-1)17-15-10-4-8-13(15)14-9-5-11-16(14)17;8*1-2-4-5-3-1;;;;;;;;/h1-3,5,7-12,21,23,25-28H,4,6,13-20H2;1-4,6-9,12-14,17-18H,5,10-11H2;1-4,6-9,13,15-16H,5,10-11H2;8*1-2H,3-5H2;;;;;;;;/t21-,23-,25?,26+,27?,28+,31?,32?;14-,17?,18+,19?;13-,15?,16+,17?;;;;;;;;;;;;;;;;/m111................/s1. The van der Waals surface area contributed by atoms with Gasteiger partial charge in [-0.15, -0.1) is 0 Å². The smallest absolute Gasteiger partial charge is 0.00845 e. The molecule has 3 saturated heterocycles. The molecule has 4 heterocycles.